The molecule has 2 aromatic heterocycles. The van der Waals surface area contributed by atoms with Crippen molar-refractivity contribution in [3.8, 4) is 0 Å². The lowest BCUT2D eigenvalue weighted by Gasteiger charge is -2.35. The van der Waals surface area contributed by atoms with Crippen LogP contribution in [0, 0.1) is 5.92 Å². The molecule has 1 amide bonds. The van der Waals surface area contributed by atoms with Crippen LogP contribution in [0.1, 0.15) is 67.8 Å². The number of thiazole rings is 1. The third-order valence-corrected chi connectivity index (χ3v) is 6.39. The molecule has 0 saturated carbocycles. The molecule has 2 aliphatic heterocycles. The average molecular weight is 427 g/mol. The molecule has 0 aliphatic carbocycles. The van der Waals surface area contributed by atoms with Crippen LogP contribution in [0.15, 0.2) is 17.0 Å². The first-order chi connectivity index (χ1) is 13.8. The van der Waals surface area contributed by atoms with Crippen LogP contribution in [-0.4, -0.2) is 44.3 Å². The van der Waals surface area contributed by atoms with Gasteiger partial charge in [0.1, 0.15) is 11.5 Å². The van der Waals surface area contributed by atoms with Crippen LogP contribution < -0.4 is 5.32 Å². The second kappa shape index (κ2) is 7.62. The Hall–Kier alpha value is -2.10. The Kier molecular flexibility index (Phi) is 5.30. The van der Waals surface area contributed by atoms with E-state index < -0.39 is 12.2 Å². The number of fused-ring (bicyclic) bond motifs is 1. The van der Waals surface area contributed by atoms with Crippen molar-refractivity contribution in [3.05, 3.63) is 28.3 Å². The lowest BCUT2D eigenvalue weighted by Crippen LogP contribution is -2.41. The number of hydrogen-bond acceptors (Lipinski definition) is 5. The Balaban J connectivity index is 1.68. The minimum atomic E-state index is -4.38. The van der Waals surface area contributed by atoms with Crippen LogP contribution in [0.25, 0.3) is 0 Å². The summed E-state index contributed by atoms with van der Waals surface area (Å²) in [6, 6.07) is -0.599. The summed E-state index contributed by atoms with van der Waals surface area (Å²) in [6.45, 7) is 4.37. The Bertz CT molecular complexity index is 864. The van der Waals surface area contributed by atoms with Gasteiger partial charge in [0, 0.05) is 24.0 Å². The average Bonchev–Trinajstić information content (AvgIpc) is 3.35. The zero-order valence-electron chi connectivity index (χ0n) is 16.3. The lowest BCUT2D eigenvalue weighted by atomic mass is 9.94. The van der Waals surface area contributed by atoms with E-state index in [1.54, 1.807) is 21.9 Å². The summed E-state index contributed by atoms with van der Waals surface area (Å²) in [5, 5.41) is 9.26. The number of rotatable bonds is 3. The molecule has 29 heavy (non-hydrogen) atoms. The Morgan fingerprint density at radius 2 is 2.14 bits per heavy atom. The van der Waals surface area contributed by atoms with Gasteiger partial charge in [-0.15, -0.1) is 11.3 Å². The number of amides is 1. The van der Waals surface area contributed by atoms with Crippen LogP contribution in [0.2, 0.25) is 0 Å². The summed E-state index contributed by atoms with van der Waals surface area (Å²) in [6.07, 6.45) is -1.99. The van der Waals surface area contributed by atoms with Gasteiger partial charge in [-0.3, -0.25) is 4.79 Å². The highest BCUT2D eigenvalue weighted by molar-refractivity contribution is 7.07. The molecule has 3 atom stereocenters. The van der Waals surface area contributed by atoms with Gasteiger partial charge in [0.15, 0.2) is 6.04 Å². The van der Waals surface area contributed by atoms with E-state index in [2.05, 4.69) is 15.4 Å². The summed E-state index contributed by atoms with van der Waals surface area (Å²) < 4.78 is 42.3. The van der Waals surface area contributed by atoms with Gasteiger partial charge in [-0.05, 0) is 31.6 Å². The molecule has 0 unspecified atom stereocenters. The Morgan fingerprint density at radius 1 is 1.34 bits per heavy atom. The molecule has 0 spiro atoms. The predicted molar refractivity (Wildman–Crippen MR) is 104 cm³/mol. The molecule has 1 saturated heterocycles. The quantitative estimate of drug-likeness (QED) is 0.775. The van der Waals surface area contributed by atoms with Gasteiger partial charge in [-0.25, -0.2) is 9.67 Å². The molecule has 0 bridgehead atoms. The molecule has 0 aromatic carbocycles. The number of carbonyl (C=O) groups is 1. The number of nitrogens with one attached hydrogen (secondary N) is 1. The minimum absolute atomic E-state index is 0.0541. The highest BCUT2D eigenvalue weighted by atomic mass is 32.1. The third-order valence-electron chi connectivity index (χ3n) is 5.80. The first-order valence-electron chi connectivity index (χ1n) is 9.87. The van der Waals surface area contributed by atoms with E-state index in [-0.39, 0.29) is 30.3 Å². The SMILES string of the molecule is CC(C)[C@@H]1C[C@H](C(F)(F)F)n2nc([C@@H]3CCCCN3C(=O)c3cscn3)cc2N1. The molecule has 1 N–H and O–H groups in total. The maximum absolute atomic E-state index is 13.7. The van der Waals surface area contributed by atoms with Crippen molar-refractivity contribution in [1.82, 2.24) is 19.7 Å². The van der Waals surface area contributed by atoms with Gasteiger partial charge in [-0.2, -0.15) is 18.3 Å². The molecule has 4 rings (SSSR count). The first kappa shape index (κ1) is 20.2. The van der Waals surface area contributed by atoms with E-state index in [0.29, 0.717) is 30.2 Å². The fourth-order valence-corrected chi connectivity index (χ4v) is 4.70. The third kappa shape index (κ3) is 3.86. The van der Waals surface area contributed by atoms with Gasteiger partial charge in [0.05, 0.1) is 17.2 Å². The van der Waals surface area contributed by atoms with Gasteiger partial charge in [0.25, 0.3) is 5.91 Å². The minimum Gasteiger partial charge on any atom is -0.367 e. The largest absolute Gasteiger partial charge is 0.410 e. The number of anilines is 1. The number of likely N-dealkylation sites (tertiary alicyclic amines) is 1. The maximum atomic E-state index is 13.7. The standard InChI is InChI=1S/C19H24F3N5OS/c1-11(2)12-7-16(19(20,21)22)27-17(24-12)8-13(25-27)15-5-3-4-6-26(15)18(28)14-9-29-10-23-14/h8-12,15-16,24H,3-7H2,1-2H3/t12-,15-,16+/m0/s1. The highest BCUT2D eigenvalue weighted by Gasteiger charge is 2.47. The topological polar surface area (TPSA) is 63.1 Å². The maximum Gasteiger partial charge on any atom is 0.410 e. The summed E-state index contributed by atoms with van der Waals surface area (Å²) in [5.41, 5.74) is 2.48. The van der Waals surface area contributed by atoms with E-state index in [1.807, 2.05) is 13.8 Å². The second-order valence-corrected chi connectivity index (χ2v) is 8.79. The zero-order chi connectivity index (χ0) is 20.8. The number of halogens is 3. The summed E-state index contributed by atoms with van der Waals surface area (Å²) in [4.78, 5) is 18.7. The number of hydrogen-bond donors (Lipinski definition) is 1. The molecule has 4 heterocycles. The smallest absolute Gasteiger partial charge is 0.367 e. The monoisotopic (exact) mass is 427 g/mol. The Labute approximate surface area is 171 Å². The van der Waals surface area contributed by atoms with Gasteiger partial charge in [-0.1, -0.05) is 13.8 Å². The van der Waals surface area contributed by atoms with E-state index in [9.17, 15) is 18.0 Å². The van der Waals surface area contributed by atoms with Crippen LogP contribution in [0.4, 0.5) is 19.0 Å². The summed E-state index contributed by atoms with van der Waals surface area (Å²) in [5.74, 6) is 0.241. The fraction of sp³-hybridized carbons (Fsp3) is 0.632. The number of aromatic nitrogens is 3. The Morgan fingerprint density at radius 3 is 2.79 bits per heavy atom. The van der Waals surface area contributed by atoms with E-state index >= 15 is 0 Å². The lowest BCUT2D eigenvalue weighted by molar-refractivity contribution is -0.174. The van der Waals surface area contributed by atoms with Crippen LogP contribution in [0.5, 0.6) is 0 Å². The van der Waals surface area contributed by atoms with Gasteiger partial charge >= 0.3 is 6.18 Å². The molecular weight excluding hydrogens is 403 g/mol. The van der Waals surface area contributed by atoms with Crippen LogP contribution in [-0.2, 0) is 0 Å². The number of nitrogens with zero attached hydrogens (tertiary/aromatic N) is 4. The normalized spacial score (nSPS) is 25.0. The molecule has 6 nitrogen and oxygen atoms in total. The van der Waals surface area contributed by atoms with Crippen LogP contribution in [0.3, 0.4) is 0 Å². The van der Waals surface area contributed by atoms with E-state index in [0.717, 1.165) is 17.5 Å². The predicted octanol–water partition coefficient (Wildman–Crippen LogP) is 4.65. The number of piperidine rings is 1. The molecular formula is C19H24F3N5OS. The number of alkyl halides is 3. The zero-order valence-corrected chi connectivity index (χ0v) is 17.1. The van der Waals surface area contributed by atoms with Crippen molar-refractivity contribution >= 4 is 23.1 Å². The van der Waals surface area contributed by atoms with E-state index in [1.165, 1.54) is 11.3 Å². The van der Waals surface area contributed by atoms with Crippen molar-refractivity contribution in [2.45, 2.75) is 63.8 Å². The fourth-order valence-electron chi connectivity index (χ4n) is 4.17. The summed E-state index contributed by atoms with van der Waals surface area (Å²) in [7, 11) is 0. The molecule has 0 radical (unpaired) electrons. The molecule has 2 aromatic rings. The van der Waals surface area contributed by atoms with Crippen molar-refractivity contribution in [2.75, 3.05) is 11.9 Å². The summed E-state index contributed by atoms with van der Waals surface area (Å²) >= 11 is 1.34. The van der Waals surface area contributed by atoms with Crippen molar-refractivity contribution in [3.63, 3.8) is 0 Å². The molecule has 1 fully saturated rings. The van der Waals surface area contributed by atoms with E-state index in [4.69, 9.17) is 0 Å². The number of carbonyl (C=O) groups excluding carboxylic acids is 1. The van der Waals surface area contributed by atoms with Gasteiger partial charge in [0.2, 0.25) is 0 Å². The van der Waals surface area contributed by atoms with Crippen molar-refractivity contribution in [2.24, 2.45) is 5.92 Å². The van der Waals surface area contributed by atoms with Crippen molar-refractivity contribution in [1.29, 1.82) is 0 Å². The molecule has 10 heteroatoms. The molecule has 2 aliphatic rings. The van der Waals surface area contributed by atoms with Crippen LogP contribution >= 0.6 is 11.3 Å². The molecule has 158 valence electrons. The highest BCUT2D eigenvalue weighted by Crippen LogP contribution is 2.42. The van der Waals surface area contributed by atoms with Gasteiger partial charge < -0.3 is 10.2 Å². The van der Waals surface area contributed by atoms with Crippen molar-refractivity contribution < 1.29 is 18.0 Å². The second-order valence-electron chi connectivity index (χ2n) is 8.07. The first-order valence-corrected chi connectivity index (χ1v) is 10.8.